The van der Waals surface area contributed by atoms with Crippen LogP contribution in [0.2, 0.25) is 0 Å². The van der Waals surface area contributed by atoms with Crippen molar-refractivity contribution in [1.29, 1.82) is 0 Å². The molecule has 3 heterocycles. The van der Waals surface area contributed by atoms with Gasteiger partial charge in [-0.2, -0.15) is 0 Å². The number of furan rings is 1. The molecule has 1 saturated heterocycles. The van der Waals surface area contributed by atoms with Crippen LogP contribution in [0.15, 0.2) is 28.0 Å². The molecule has 8 heteroatoms. The number of carbonyl (C=O) groups is 1. The Bertz CT molecular complexity index is 814. The van der Waals surface area contributed by atoms with Crippen molar-refractivity contribution in [2.24, 2.45) is 11.8 Å². The van der Waals surface area contributed by atoms with Crippen molar-refractivity contribution >= 4 is 23.6 Å². The number of amides is 1. The number of nitrogens with zero attached hydrogens (tertiary/aromatic N) is 4. The van der Waals surface area contributed by atoms with Gasteiger partial charge in [0.15, 0.2) is 5.16 Å². The Morgan fingerprint density at radius 3 is 2.73 bits per heavy atom. The molecule has 1 aliphatic carbocycles. The SMILES string of the molecule is CC1CCN(c2nnc(SCC(=O)N[C@H]3CCCC[C@@H]3C)n2Cc2ccco2)CC1. The number of aromatic nitrogens is 3. The Morgan fingerprint density at radius 2 is 2.00 bits per heavy atom. The molecule has 0 radical (unpaired) electrons. The Balaban J connectivity index is 1.43. The molecule has 2 atom stereocenters. The van der Waals surface area contributed by atoms with Crippen molar-refractivity contribution in [2.75, 3.05) is 23.7 Å². The van der Waals surface area contributed by atoms with Gasteiger partial charge in [-0.3, -0.25) is 9.36 Å². The lowest BCUT2D eigenvalue weighted by atomic mass is 9.86. The van der Waals surface area contributed by atoms with Gasteiger partial charge in [0, 0.05) is 19.1 Å². The molecule has 0 spiro atoms. The molecule has 2 aromatic heterocycles. The molecule has 1 N–H and O–H groups in total. The highest BCUT2D eigenvalue weighted by Gasteiger charge is 2.25. The van der Waals surface area contributed by atoms with E-state index in [1.165, 1.54) is 31.0 Å². The van der Waals surface area contributed by atoms with Crippen molar-refractivity contribution in [2.45, 2.75) is 70.1 Å². The molecule has 164 valence electrons. The van der Waals surface area contributed by atoms with Crippen molar-refractivity contribution in [1.82, 2.24) is 20.1 Å². The van der Waals surface area contributed by atoms with E-state index in [1.807, 2.05) is 12.1 Å². The summed E-state index contributed by atoms with van der Waals surface area (Å²) in [5.74, 6) is 3.49. The number of carbonyl (C=O) groups excluding carboxylic acids is 1. The first kappa shape index (κ1) is 21.3. The van der Waals surface area contributed by atoms with Crippen molar-refractivity contribution in [3.63, 3.8) is 0 Å². The highest BCUT2D eigenvalue weighted by molar-refractivity contribution is 7.99. The number of anilines is 1. The third-order valence-electron chi connectivity index (χ3n) is 6.45. The minimum atomic E-state index is 0.0830. The lowest BCUT2D eigenvalue weighted by Gasteiger charge is -2.31. The topological polar surface area (TPSA) is 76.2 Å². The number of hydrogen-bond donors (Lipinski definition) is 1. The molecule has 4 rings (SSSR count). The van der Waals surface area contributed by atoms with Crippen LogP contribution in [0.25, 0.3) is 0 Å². The summed E-state index contributed by atoms with van der Waals surface area (Å²) in [5, 5.41) is 12.9. The zero-order valence-electron chi connectivity index (χ0n) is 18.0. The predicted molar refractivity (Wildman–Crippen MR) is 119 cm³/mol. The molecule has 1 aliphatic heterocycles. The van der Waals surface area contributed by atoms with Gasteiger partial charge < -0.3 is 14.6 Å². The van der Waals surface area contributed by atoms with Crippen LogP contribution in [0.4, 0.5) is 5.95 Å². The number of hydrogen-bond acceptors (Lipinski definition) is 6. The van der Waals surface area contributed by atoms with Gasteiger partial charge >= 0.3 is 0 Å². The molecule has 2 aliphatic rings. The third kappa shape index (κ3) is 5.20. The molecule has 0 unspecified atom stereocenters. The summed E-state index contributed by atoms with van der Waals surface area (Å²) in [6.45, 7) is 7.09. The van der Waals surface area contributed by atoms with Gasteiger partial charge in [-0.05, 0) is 49.7 Å². The first-order valence-electron chi connectivity index (χ1n) is 11.2. The van der Waals surface area contributed by atoms with Crippen LogP contribution in [0.1, 0.15) is 58.1 Å². The minimum absolute atomic E-state index is 0.0830. The Kier molecular flexibility index (Phi) is 7.02. The Labute approximate surface area is 183 Å². The summed E-state index contributed by atoms with van der Waals surface area (Å²) < 4.78 is 7.67. The number of piperidine rings is 1. The molecule has 0 aromatic carbocycles. The normalized spacial score (nSPS) is 22.9. The monoisotopic (exact) mass is 431 g/mol. The Morgan fingerprint density at radius 1 is 1.20 bits per heavy atom. The molecule has 2 fully saturated rings. The number of rotatable bonds is 7. The van der Waals surface area contributed by atoms with E-state index in [0.29, 0.717) is 24.3 Å². The van der Waals surface area contributed by atoms with E-state index < -0.39 is 0 Å². The molecule has 0 bridgehead atoms. The summed E-state index contributed by atoms with van der Waals surface area (Å²) in [6, 6.07) is 4.17. The maximum absolute atomic E-state index is 12.6. The zero-order chi connectivity index (χ0) is 20.9. The van der Waals surface area contributed by atoms with Crippen LogP contribution in [0.5, 0.6) is 0 Å². The average molecular weight is 432 g/mol. The molecule has 1 amide bonds. The van der Waals surface area contributed by atoms with Crippen molar-refractivity contribution in [3.8, 4) is 0 Å². The fourth-order valence-electron chi connectivity index (χ4n) is 4.44. The standard InChI is InChI=1S/C22H33N5O2S/c1-16-9-11-26(12-10-16)21-24-25-22(27(21)14-18-7-5-13-29-18)30-15-20(28)23-19-8-4-3-6-17(19)2/h5,7,13,16-17,19H,3-4,6,8-12,14-15H2,1-2H3,(H,23,28)/t17-,19-/m0/s1. The molecular weight excluding hydrogens is 398 g/mol. The molecule has 30 heavy (non-hydrogen) atoms. The quantitative estimate of drug-likeness (QED) is 0.669. The molecule has 2 aromatic rings. The molecule has 7 nitrogen and oxygen atoms in total. The smallest absolute Gasteiger partial charge is 0.230 e. The van der Waals surface area contributed by atoms with E-state index in [0.717, 1.165) is 55.1 Å². The average Bonchev–Trinajstić information content (AvgIpc) is 3.39. The predicted octanol–water partition coefficient (Wildman–Crippen LogP) is 3.94. The van der Waals surface area contributed by atoms with Crippen LogP contribution in [-0.2, 0) is 11.3 Å². The lowest BCUT2D eigenvalue weighted by Crippen LogP contribution is -2.41. The number of nitrogens with one attached hydrogen (secondary N) is 1. The van der Waals surface area contributed by atoms with Gasteiger partial charge in [-0.25, -0.2) is 0 Å². The van der Waals surface area contributed by atoms with Crippen LogP contribution in [0.3, 0.4) is 0 Å². The second kappa shape index (κ2) is 9.90. The minimum Gasteiger partial charge on any atom is -0.467 e. The van der Waals surface area contributed by atoms with Gasteiger partial charge in [-0.15, -0.1) is 10.2 Å². The lowest BCUT2D eigenvalue weighted by molar-refractivity contribution is -0.119. The second-order valence-corrected chi connectivity index (χ2v) is 9.78. The summed E-state index contributed by atoms with van der Waals surface area (Å²) in [4.78, 5) is 14.9. The van der Waals surface area contributed by atoms with Crippen LogP contribution < -0.4 is 10.2 Å². The third-order valence-corrected chi connectivity index (χ3v) is 7.41. The number of thioether (sulfide) groups is 1. The van der Waals surface area contributed by atoms with Crippen molar-refractivity contribution < 1.29 is 9.21 Å². The van der Waals surface area contributed by atoms with E-state index in [-0.39, 0.29) is 5.91 Å². The molecular formula is C22H33N5O2S. The second-order valence-electron chi connectivity index (χ2n) is 8.84. The van der Waals surface area contributed by atoms with E-state index in [4.69, 9.17) is 4.42 Å². The maximum Gasteiger partial charge on any atom is 0.230 e. The van der Waals surface area contributed by atoms with Gasteiger partial charge in [0.1, 0.15) is 5.76 Å². The summed E-state index contributed by atoms with van der Waals surface area (Å²) in [5.41, 5.74) is 0. The van der Waals surface area contributed by atoms with Gasteiger partial charge in [0.05, 0.1) is 18.6 Å². The Hall–Kier alpha value is -1.96. The van der Waals surface area contributed by atoms with Gasteiger partial charge in [-0.1, -0.05) is 38.5 Å². The van der Waals surface area contributed by atoms with Crippen molar-refractivity contribution in [3.05, 3.63) is 24.2 Å². The van der Waals surface area contributed by atoms with Crippen LogP contribution in [0, 0.1) is 11.8 Å². The van der Waals surface area contributed by atoms with Gasteiger partial charge in [0.25, 0.3) is 0 Å². The summed E-state index contributed by atoms with van der Waals surface area (Å²) >= 11 is 1.46. The van der Waals surface area contributed by atoms with E-state index in [2.05, 4.69) is 38.8 Å². The maximum atomic E-state index is 12.6. The summed E-state index contributed by atoms with van der Waals surface area (Å²) in [6.07, 6.45) is 8.79. The first-order valence-corrected chi connectivity index (χ1v) is 12.2. The highest BCUT2D eigenvalue weighted by Crippen LogP contribution is 2.28. The summed E-state index contributed by atoms with van der Waals surface area (Å²) in [7, 11) is 0. The zero-order valence-corrected chi connectivity index (χ0v) is 18.9. The fraction of sp³-hybridized carbons (Fsp3) is 0.682. The first-order chi connectivity index (χ1) is 14.6. The van der Waals surface area contributed by atoms with Crippen LogP contribution >= 0.6 is 11.8 Å². The van der Waals surface area contributed by atoms with Crippen LogP contribution in [-0.4, -0.2) is 45.6 Å². The molecule has 1 saturated carbocycles. The van der Waals surface area contributed by atoms with E-state index in [9.17, 15) is 4.79 Å². The van der Waals surface area contributed by atoms with Gasteiger partial charge in [0.2, 0.25) is 11.9 Å². The highest BCUT2D eigenvalue weighted by atomic mass is 32.2. The van der Waals surface area contributed by atoms with E-state index in [1.54, 1.807) is 6.26 Å². The van der Waals surface area contributed by atoms with E-state index >= 15 is 0 Å². The fourth-order valence-corrected chi connectivity index (χ4v) is 5.18. The largest absolute Gasteiger partial charge is 0.467 e.